The van der Waals surface area contributed by atoms with Crippen LogP contribution in [0.4, 0.5) is 0 Å². The third-order valence-electron chi connectivity index (χ3n) is 5.15. The number of hydrogen-bond donors (Lipinski definition) is 2. The lowest BCUT2D eigenvalue weighted by Gasteiger charge is -2.23. The molecule has 1 atom stereocenters. The number of likely N-dealkylation sites (tertiary alicyclic amines) is 1. The predicted octanol–water partition coefficient (Wildman–Crippen LogP) is 3.32. The minimum Gasteiger partial charge on any atom is -0.358 e. The quantitative estimate of drug-likeness (QED) is 0.855. The number of nitrogens with zero attached hydrogens (tertiary/aromatic N) is 1. The van der Waals surface area contributed by atoms with E-state index < -0.39 is 0 Å². The monoisotopic (exact) mass is 327 g/mol. The van der Waals surface area contributed by atoms with Gasteiger partial charge >= 0.3 is 0 Å². The maximum atomic E-state index is 12.6. The van der Waals surface area contributed by atoms with Crippen molar-refractivity contribution in [2.45, 2.75) is 52.5 Å². The standard InChI is InChI=1S/C20H29N3O/c1-4-16(13-23-9-5-6-10-23)22-20(24)12-17-15(3)21-19-8-7-14(2)11-18(17)19/h7-8,11,16,21H,4-6,9-10,12-13H2,1-3H3,(H,22,24)/t16-/m0/s1. The number of carbonyl (C=O) groups excluding carboxylic acids is 1. The summed E-state index contributed by atoms with van der Waals surface area (Å²) in [6.45, 7) is 9.63. The summed E-state index contributed by atoms with van der Waals surface area (Å²) < 4.78 is 0. The fourth-order valence-corrected chi connectivity index (χ4v) is 3.72. The number of carbonyl (C=O) groups is 1. The van der Waals surface area contributed by atoms with E-state index in [0.717, 1.165) is 29.7 Å². The summed E-state index contributed by atoms with van der Waals surface area (Å²) in [5.74, 6) is 0.131. The van der Waals surface area contributed by atoms with Crippen molar-refractivity contribution in [2.75, 3.05) is 19.6 Å². The Balaban J connectivity index is 1.67. The Morgan fingerprint density at radius 2 is 2.04 bits per heavy atom. The molecule has 130 valence electrons. The zero-order valence-corrected chi connectivity index (χ0v) is 15.1. The molecule has 1 aromatic carbocycles. The van der Waals surface area contributed by atoms with Crippen LogP contribution in [0, 0.1) is 13.8 Å². The number of fused-ring (bicyclic) bond motifs is 1. The van der Waals surface area contributed by atoms with Crippen molar-refractivity contribution in [3.05, 3.63) is 35.0 Å². The molecule has 24 heavy (non-hydrogen) atoms. The average molecular weight is 327 g/mol. The number of hydrogen-bond acceptors (Lipinski definition) is 2. The van der Waals surface area contributed by atoms with Crippen molar-refractivity contribution in [3.8, 4) is 0 Å². The molecule has 1 fully saturated rings. The van der Waals surface area contributed by atoms with E-state index in [4.69, 9.17) is 0 Å². The molecule has 4 nitrogen and oxygen atoms in total. The van der Waals surface area contributed by atoms with Gasteiger partial charge in [-0.05, 0) is 63.9 Å². The van der Waals surface area contributed by atoms with E-state index in [2.05, 4.69) is 54.2 Å². The Labute approximate surface area is 144 Å². The highest BCUT2D eigenvalue weighted by Gasteiger charge is 2.19. The topological polar surface area (TPSA) is 48.1 Å². The first-order chi connectivity index (χ1) is 11.6. The number of amides is 1. The summed E-state index contributed by atoms with van der Waals surface area (Å²) in [5.41, 5.74) is 4.56. The first-order valence-corrected chi connectivity index (χ1v) is 9.16. The minimum atomic E-state index is 0.131. The van der Waals surface area contributed by atoms with Crippen LogP contribution in [0.15, 0.2) is 18.2 Å². The molecule has 0 saturated carbocycles. The predicted molar refractivity (Wildman–Crippen MR) is 99.4 cm³/mol. The second kappa shape index (κ2) is 7.39. The van der Waals surface area contributed by atoms with Gasteiger partial charge in [0.2, 0.25) is 5.91 Å². The molecule has 2 N–H and O–H groups in total. The van der Waals surface area contributed by atoms with Crippen molar-refractivity contribution in [1.82, 2.24) is 15.2 Å². The second-order valence-electron chi connectivity index (χ2n) is 7.13. The zero-order chi connectivity index (χ0) is 17.1. The summed E-state index contributed by atoms with van der Waals surface area (Å²) in [6.07, 6.45) is 4.01. The Bertz CT molecular complexity index is 713. The van der Waals surface area contributed by atoms with Crippen LogP contribution in [-0.4, -0.2) is 41.5 Å². The SMILES string of the molecule is CC[C@@H](CN1CCCC1)NC(=O)Cc1c(C)[nH]c2ccc(C)cc12. The van der Waals surface area contributed by atoms with Crippen LogP contribution in [0.25, 0.3) is 10.9 Å². The van der Waals surface area contributed by atoms with Gasteiger partial charge in [0.25, 0.3) is 0 Å². The van der Waals surface area contributed by atoms with Gasteiger partial charge in [0.05, 0.1) is 6.42 Å². The van der Waals surface area contributed by atoms with E-state index >= 15 is 0 Å². The van der Waals surface area contributed by atoms with Gasteiger partial charge in [0, 0.05) is 29.2 Å². The molecular formula is C20H29N3O. The molecule has 1 aromatic heterocycles. The molecular weight excluding hydrogens is 298 g/mol. The summed E-state index contributed by atoms with van der Waals surface area (Å²) in [5, 5.41) is 4.42. The van der Waals surface area contributed by atoms with Gasteiger partial charge in [0.1, 0.15) is 0 Å². The van der Waals surface area contributed by atoms with Crippen LogP contribution in [0.1, 0.15) is 43.0 Å². The molecule has 0 radical (unpaired) electrons. The third-order valence-corrected chi connectivity index (χ3v) is 5.15. The van der Waals surface area contributed by atoms with Crippen molar-refractivity contribution in [2.24, 2.45) is 0 Å². The van der Waals surface area contributed by atoms with E-state index in [1.807, 2.05) is 0 Å². The van der Waals surface area contributed by atoms with E-state index in [-0.39, 0.29) is 11.9 Å². The van der Waals surface area contributed by atoms with Gasteiger partial charge in [-0.15, -0.1) is 0 Å². The highest BCUT2D eigenvalue weighted by molar-refractivity contribution is 5.90. The lowest BCUT2D eigenvalue weighted by molar-refractivity contribution is -0.121. The highest BCUT2D eigenvalue weighted by atomic mass is 16.1. The Hall–Kier alpha value is -1.81. The maximum Gasteiger partial charge on any atom is 0.224 e. The molecule has 1 saturated heterocycles. The van der Waals surface area contributed by atoms with Crippen molar-refractivity contribution in [1.29, 1.82) is 0 Å². The van der Waals surface area contributed by atoms with Gasteiger partial charge < -0.3 is 15.2 Å². The van der Waals surface area contributed by atoms with Crippen molar-refractivity contribution in [3.63, 3.8) is 0 Å². The summed E-state index contributed by atoms with van der Waals surface area (Å²) in [4.78, 5) is 18.5. The molecule has 2 heterocycles. The lowest BCUT2D eigenvalue weighted by atomic mass is 10.0. The summed E-state index contributed by atoms with van der Waals surface area (Å²) in [6, 6.07) is 6.62. The van der Waals surface area contributed by atoms with Crippen molar-refractivity contribution < 1.29 is 4.79 Å². The van der Waals surface area contributed by atoms with Crippen molar-refractivity contribution >= 4 is 16.8 Å². The first kappa shape index (κ1) is 17.0. The molecule has 1 amide bonds. The van der Waals surface area contributed by atoms with Gasteiger partial charge in [-0.1, -0.05) is 18.6 Å². The van der Waals surface area contributed by atoms with E-state index in [1.165, 1.54) is 36.9 Å². The van der Waals surface area contributed by atoms with Gasteiger partial charge in [-0.2, -0.15) is 0 Å². The van der Waals surface area contributed by atoms with Crippen LogP contribution >= 0.6 is 0 Å². The molecule has 1 aliphatic heterocycles. The lowest BCUT2D eigenvalue weighted by Crippen LogP contribution is -2.43. The van der Waals surface area contributed by atoms with E-state index in [1.54, 1.807) is 0 Å². The van der Waals surface area contributed by atoms with E-state index in [0.29, 0.717) is 6.42 Å². The fourth-order valence-electron chi connectivity index (χ4n) is 3.72. The van der Waals surface area contributed by atoms with Gasteiger partial charge in [-0.3, -0.25) is 4.79 Å². The molecule has 0 bridgehead atoms. The van der Waals surface area contributed by atoms with E-state index in [9.17, 15) is 4.79 Å². The average Bonchev–Trinajstić information content (AvgIpc) is 3.16. The van der Waals surface area contributed by atoms with Gasteiger partial charge in [-0.25, -0.2) is 0 Å². The summed E-state index contributed by atoms with van der Waals surface area (Å²) in [7, 11) is 0. The van der Waals surface area contributed by atoms with Crippen LogP contribution in [0.2, 0.25) is 0 Å². The Kier molecular flexibility index (Phi) is 5.24. The zero-order valence-electron chi connectivity index (χ0n) is 15.1. The molecule has 1 aliphatic rings. The molecule has 0 unspecified atom stereocenters. The van der Waals surface area contributed by atoms with Crippen LogP contribution in [0.3, 0.4) is 0 Å². The Morgan fingerprint density at radius 3 is 2.75 bits per heavy atom. The first-order valence-electron chi connectivity index (χ1n) is 9.16. The maximum absolute atomic E-state index is 12.6. The largest absolute Gasteiger partial charge is 0.358 e. The highest BCUT2D eigenvalue weighted by Crippen LogP contribution is 2.23. The number of benzene rings is 1. The Morgan fingerprint density at radius 1 is 1.29 bits per heavy atom. The third kappa shape index (κ3) is 3.81. The normalized spacial score (nSPS) is 16.6. The van der Waals surface area contributed by atoms with Crippen LogP contribution < -0.4 is 5.32 Å². The minimum absolute atomic E-state index is 0.131. The van der Waals surface area contributed by atoms with Crippen LogP contribution in [-0.2, 0) is 11.2 Å². The number of rotatable bonds is 6. The smallest absolute Gasteiger partial charge is 0.224 e. The van der Waals surface area contributed by atoms with Crippen LogP contribution in [0.5, 0.6) is 0 Å². The number of aromatic nitrogens is 1. The number of aryl methyl sites for hydroxylation is 2. The van der Waals surface area contributed by atoms with Gasteiger partial charge in [0.15, 0.2) is 0 Å². The second-order valence-corrected chi connectivity index (χ2v) is 7.13. The number of H-pyrrole nitrogens is 1. The number of nitrogens with one attached hydrogen (secondary N) is 2. The molecule has 4 heteroatoms. The summed E-state index contributed by atoms with van der Waals surface area (Å²) >= 11 is 0. The molecule has 0 spiro atoms. The molecule has 2 aromatic rings. The number of aromatic amines is 1. The fraction of sp³-hybridized carbons (Fsp3) is 0.550. The molecule has 3 rings (SSSR count). The molecule has 0 aliphatic carbocycles.